The van der Waals surface area contributed by atoms with Gasteiger partial charge >= 0.3 is 6.09 Å². The van der Waals surface area contributed by atoms with Gasteiger partial charge in [-0.2, -0.15) is 5.10 Å². The van der Waals surface area contributed by atoms with Gasteiger partial charge in [0.25, 0.3) is 0 Å². The second kappa shape index (κ2) is 7.45. The van der Waals surface area contributed by atoms with Crippen molar-refractivity contribution < 1.29 is 24.2 Å². The van der Waals surface area contributed by atoms with E-state index in [1.165, 1.54) is 4.90 Å². The predicted molar refractivity (Wildman–Crippen MR) is 117 cm³/mol. The summed E-state index contributed by atoms with van der Waals surface area (Å²) < 4.78 is 13.7. The summed E-state index contributed by atoms with van der Waals surface area (Å²) in [7, 11) is 0. The van der Waals surface area contributed by atoms with Crippen LogP contribution in [0.2, 0.25) is 0 Å². The van der Waals surface area contributed by atoms with Crippen LogP contribution in [0.25, 0.3) is 16.6 Å². The molecule has 0 radical (unpaired) electrons. The Labute approximate surface area is 189 Å². The number of carbonyl (C=O) groups excluding carboxylic acids is 1. The van der Waals surface area contributed by atoms with E-state index in [1.807, 2.05) is 37.4 Å². The molecule has 5 heterocycles. The number of anilines is 1. The molecule has 3 atom stereocenters. The van der Waals surface area contributed by atoms with Gasteiger partial charge in [-0.15, -0.1) is 0 Å². The number of aromatic nitrogens is 3. The lowest BCUT2D eigenvalue weighted by molar-refractivity contribution is -0.117. The topological polar surface area (TPSA) is 118 Å². The maximum Gasteiger partial charge on any atom is 0.407 e. The summed E-state index contributed by atoms with van der Waals surface area (Å²) in [5.41, 5.74) is 3.42. The Morgan fingerprint density at radius 1 is 1.27 bits per heavy atom. The molecule has 10 nitrogen and oxygen atoms in total. The summed E-state index contributed by atoms with van der Waals surface area (Å²) in [4.78, 5) is 29.4. The van der Waals surface area contributed by atoms with E-state index < -0.39 is 6.09 Å². The van der Waals surface area contributed by atoms with Crippen LogP contribution >= 0.6 is 0 Å². The van der Waals surface area contributed by atoms with E-state index in [1.54, 1.807) is 10.7 Å². The van der Waals surface area contributed by atoms with E-state index in [0.29, 0.717) is 24.7 Å². The molecule has 1 aliphatic carbocycles. The number of nitrogens with zero attached hydrogens (tertiary/aromatic N) is 4. The first-order valence-electron chi connectivity index (χ1n) is 11.0. The Kier molecular flexibility index (Phi) is 4.51. The van der Waals surface area contributed by atoms with Gasteiger partial charge in [0.05, 0.1) is 30.9 Å². The maximum absolute atomic E-state index is 12.1. The molecule has 10 heteroatoms. The highest BCUT2D eigenvalue weighted by Gasteiger charge is 2.52. The molecule has 0 unspecified atom stereocenters. The smallest absolute Gasteiger partial charge is 0.407 e. The Morgan fingerprint density at radius 2 is 2.12 bits per heavy atom. The number of pyridine rings is 2. The molecule has 2 bridgehead atoms. The van der Waals surface area contributed by atoms with Gasteiger partial charge in [-0.25, -0.2) is 9.31 Å². The van der Waals surface area contributed by atoms with Crippen molar-refractivity contribution in [3.63, 3.8) is 0 Å². The van der Waals surface area contributed by atoms with Crippen LogP contribution in [0, 0.1) is 12.8 Å². The zero-order valence-electron chi connectivity index (χ0n) is 18.0. The Bertz CT molecular complexity index is 1270. The Hall–Kier alpha value is -3.66. The van der Waals surface area contributed by atoms with Gasteiger partial charge in [-0.1, -0.05) is 0 Å². The second-order valence-corrected chi connectivity index (χ2v) is 8.86. The van der Waals surface area contributed by atoms with Crippen LogP contribution in [0.4, 0.5) is 10.6 Å². The van der Waals surface area contributed by atoms with Gasteiger partial charge in [-0.3, -0.25) is 14.7 Å². The van der Waals surface area contributed by atoms with Crippen molar-refractivity contribution in [2.75, 3.05) is 18.5 Å². The summed E-state index contributed by atoms with van der Waals surface area (Å²) in [6.45, 7) is 2.54. The van der Waals surface area contributed by atoms with E-state index in [9.17, 15) is 14.7 Å². The first-order valence-corrected chi connectivity index (χ1v) is 11.0. The standard InChI is InChI=1S/C23H23N5O5/c1-12-6-16(18(9-24-12)33-21-17-11-32-19(21)10-27(17)23(30)31)14-4-5-28-15(7-14)8-20(26-28)25-22(29)13-2-3-13/h4-9,13,17,19,21H,2-3,10-11H2,1H3,(H,30,31)(H,25,26,29)/t17-,19-,21+/m0/s1. The number of rotatable bonds is 5. The van der Waals surface area contributed by atoms with Crippen LogP contribution in [0.15, 0.2) is 36.7 Å². The minimum atomic E-state index is -0.961. The fraction of sp³-hybridized carbons (Fsp3) is 0.391. The first-order chi connectivity index (χ1) is 16.0. The molecule has 3 aliphatic rings. The van der Waals surface area contributed by atoms with E-state index in [2.05, 4.69) is 15.4 Å². The number of likely N-dealkylation sites (tertiary alicyclic amines) is 1. The van der Waals surface area contributed by atoms with Crippen LogP contribution in [-0.2, 0) is 9.53 Å². The molecular weight excluding hydrogens is 426 g/mol. The van der Waals surface area contributed by atoms with Gasteiger partial charge < -0.3 is 19.9 Å². The van der Waals surface area contributed by atoms with Gasteiger partial charge in [0.1, 0.15) is 18.0 Å². The average Bonchev–Trinajstić information content (AvgIpc) is 3.37. The second-order valence-electron chi connectivity index (χ2n) is 8.86. The van der Waals surface area contributed by atoms with E-state index in [4.69, 9.17) is 9.47 Å². The molecular formula is C23H23N5O5. The third-order valence-electron chi connectivity index (χ3n) is 6.49. The normalized spacial score (nSPS) is 23.8. The summed E-state index contributed by atoms with van der Waals surface area (Å²) in [5.74, 6) is 1.23. The quantitative estimate of drug-likeness (QED) is 0.615. The number of ether oxygens (including phenoxy) is 2. The van der Waals surface area contributed by atoms with Crippen LogP contribution < -0.4 is 10.1 Å². The lowest BCUT2D eigenvalue weighted by atomic mass is 10.1. The number of nitrogens with one attached hydrogen (secondary N) is 1. The molecule has 33 heavy (non-hydrogen) atoms. The molecule has 2 amide bonds. The van der Waals surface area contributed by atoms with Gasteiger partial charge in [0, 0.05) is 29.4 Å². The van der Waals surface area contributed by atoms with E-state index >= 15 is 0 Å². The number of carbonyl (C=O) groups is 2. The van der Waals surface area contributed by atoms with Crippen LogP contribution in [0.1, 0.15) is 18.5 Å². The zero-order valence-corrected chi connectivity index (χ0v) is 18.0. The van der Waals surface area contributed by atoms with Crippen molar-refractivity contribution in [1.29, 1.82) is 0 Å². The maximum atomic E-state index is 12.1. The van der Waals surface area contributed by atoms with Crippen molar-refractivity contribution in [3.05, 3.63) is 42.4 Å². The van der Waals surface area contributed by atoms with Crippen molar-refractivity contribution in [3.8, 4) is 16.9 Å². The molecule has 6 rings (SSSR count). The Balaban J connectivity index is 1.30. The SMILES string of the molecule is Cc1cc(-c2ccn3nc(NC(=O)C4CC4)cc3c2)c(O[C@H]2[C@@H]3CN(C(=O)O)[C@H]2CO3)cn1. The van der Waals surface area contributed by atoms with Crippen LogP contribution in [0.3, 0.4) is 0 Å². The molecule has 170 valence electrons. The number of fused-ring (bicyclic) bond motifs is 3. The van der Waals surface area contributed by atoms with Crippen molar-refractivity contribution in [2.24, 2.45) is 5.92 Å². The number of amides is 2. The Morgan fingerprint density at radius 3 is 2.88 bits per heavy atom. The molecule has 2 aliphatic heterocycles. The van der Waals surface area contributed by atoms with Crippen LogP contribution in [-0.4, -0.2) is 68.0 Å². The lowest BCUT2D eigenvalue weighted by Gasteiger charge is -2.23. The number of carboxylic acid groups (broad SMARTS) is 1. The summed E-state index contributed by atoms with van der Waals surface area (Å²) in [6, 6.07) is 7.35. The summed E-state index contributed by atoms with van der Waals surface area (Å²) in [5, 5.41) is 16.8. The van der Waals surface area contributed by atoms with Crippen molar-refractivity contribution in [2.45, 2.75) is 38.0 Å². The first kappa shape index (κ1) is 20.0. The summed E-state index contributed by atoms with van der Waals surface area (Å²) in [6.07, 6.45) is 3.75. The molecule has 3 aromatic heterocycles. The third kappa shape index (κ3) is 3.56. The minimum absolute atomic E-state index is 0.0166. The van der Waals surface area contributed by atoms with Crippen molar-refractivity contribution in [1.82, 2.24) is 19.5 Å². The monoisotopic (exact) mass is 449 g/mol. The highest BCUT2D eigenvalue weighted by Crippen LogP contribution is 2.37. The number of aryl methyl sites for hydroxylation is 1. The average molecular weight is 449 g/mol. The molecule has 0 spiro atoms. The number of hydrogen-bond donors (Lipinski definition) is 2. The predicted octanol–water partition coefficient (Wildman–Crippen LogP) is 2.56. The van der Waals surface area contributed by atoms with Crippen LogP contribution in [0.5, 0.6) is 5.75 Å². The van der Waals surface area contributed by atoms with E-state index in [0.717, 1.165) is 35.2 Å². The number of morpholine rings is 1. The fourth-order valence-corrected chi connectivity index (χ4v) is 4.60. The molecule has 0 aromatic carbocycles. The fourth-order valence-electron chi connectivity index (χ4n) is 4.60. The molecule has 2 saturated heterocycles. The highest BCUT2D eigenvalue weighted by molar-refractivity contribution is 5.93. The molecule has 3 fully saturated rings. The van der Waals surface area contributed by atoms with Crippen molar-refractivity contribution >= 4 is 23.3 Å². The largest absolute Gasteiger partial charge is 0.483 e. The third-order valence-corrected chi connectivity index (χ3v) is 6.49. The lowest BCUT2D eigenvalue weighted by Crippen LogP contribution is -2.42. The van der Waals surface area contributed by atoms with Gasteiger partial charge in [0.2, 0.25) is 5.91 Å². The minimum Gasteiger partial charge on any atom is -0.483 e. The zero-order chi connectivity index (χ0) is 22.7. The molecule has 1 saturated carbocycles. The van der Waals surface area contributed by atoms with Gasteiger partial charge in [0.15, 0.2) is 5.82 Å². The summed E-state index contributed by atoms with van der Waals surface area (Å²) >= 11 is 0. The highest BCUT2D eigenvalue weighted by atomic mass is 16.6. The molecule has 3 aromatic rings. The molecule has 2 N–H and O–H groups in total. The van der Waals surface area contributed by atoms with E-state index in [-0.39, 0.29) is 30.1 Å². The number of hydrogen-bond acceptors (Lipinski definition) is 6. The van der Waals surface area contributed by atoms with Gasteiger partial charge in [-0.05, 0) is 43.5 Å².